The molecular weight excluding hydrogens is 234 g/mol. The Labute approximate surface area is 104 Å². The standard InChI is InChI=1S/C12H15N3O3/c1-8-3-4-9(11(17)14-8)12(18)15-6-2-5-13-10(16)7-15/h3-4H,2,5-7H2,1H3,(H,13,16)(H,14,17). The van der Waals surface area contributed by atoms with Crippen molar-refractivity contribution in [2.75, 3.05) is 19.6 Å². The highest BCUT2D eigenvalue weighted by atomic mass is 16.2. The average molecular weight is 249 g/mol. The molecule has 0 bridgehead atoms. The van der Waals surface area contributed by atoms with E-state index in [0.717, 1.165) is 0 Å². The van der Waals surface area contributed by atoms with E-state index in [-0.39, 0.29) is 18.0 Å². The number of aromatic amines is 1. The second kappa shape index (κ2) is 5.03. The maximum Gasteiger partial charge on any atom is 0.260 e. The molecule has 0 saturated carbocycles. The lowest BCUT2D eigenvalue weighted by molar-refractivity contribution is -0.121. The van der Waals surface area contributed by atoms with Crippen LogP contribution < -0.4 is 10.9 Å². The van der Waals surface area contributed by atoms with Gasteiger partial charge in [-0.05, 0) is 25.5 Å². The fourth-order valence-electron chi connectivity index (χ4n) is 1.89. The molecule has 18 heavy (non-hydrogen) atoms. The van der Waals surface area contributed by atoms with Crippen molar-refractivity contribution in [3.8, 4) is 0 Å². The van der Waals surface area contributed by atoms with Gasteiger partial charge in [0.1, 0.15) is 5.56 Å². The minimum Gasteiger partial charge on any atom is -0.354 e. The minimum absolute atomic E-state index is 0.00610. The molecule has 1 aromatic rings. The Morgan fingerprint density at radius 1 is 1.33 bits per heavy atom. The van der Waals surface area contributed by atoms with Crippen LogP contribution in [0.4, 0.5) is 0 Å². The van der Waals surface area contributed by atoms with Crippen LogP contribution in [0.1, 0.15) is 22.5 Å². The van der Waals surface area contributed by atoms with Crippen LogP contribution in [-0.4, -0.2) is 41.3 Å². The number of nitrogens with one attached hydrogen (secondary N) is 2. The lowest BCUT2D eigenvalue weighted by Crippen LogP contribution is -2.39. The molecule has 2 heterocycles. The Hall–Kier alpha value is -2.11. The highest BCUT2D eigenvalue weighted by molar-refractivity contribution is 5.96. The first-order valence-electron chi connectivity index (χ1n) is 5.84. The fraction of sp³-hybridized carbons (Fsp3) is 0.417. The third-order valence-corrected chi connectivity index (χ3v) is 2.83. The summed E-state index contributed by atoms with van der Waals surface area (Å²) in [6.07, 6.45) is 0.696. The third-order valence-electron chi connectivity index (χ3n) is 2.83. The van der Waals surface area contributed by atoms with Gasteiger partial charge in [-0.1, -0.05) is 0 Å². The van der Waals surface area contributed by atoms with Crippen molar-refractivity contribution in [2.24, 2.45) is 0 Å². The first-order chi connectivity index (χ1) is 8.58. The van der Waals surface area contributed by atoms with Crippen LogP contribution in [0.15, 0.2) is 16.9 Å². The average Bonchev–Trinajstić information content (AvgIpc) is 2.53. The normalized spacial score (nSPS) is 16.1. The van der Waals surface area contributed by atoms with Crippen LogP contribution in [0.2, 0.25) is 0 Å². The number of amides is 2. The second-order valence-corrected chi connectivity index (χ2v) is 4.31. The summed E-state index contributed by atoms with van der Waals surface area (Å²) in [6.45, 7) is 2.79. The number of aromatic nitrogens is 1. The molecule has 0 atom stereocenters. The third kappa shape index (κ3) is 2.58. The van der Waals surface area contributed by atoms with Gasteiger partial charge in [0.25, 0.3) is 11.5 Å². The molecule has 1 aliphatic heterocycles. The topological polar surface area (TPSA) is 82.3 Å². The number of carbonyl (C=O) groups is 2. The molecule has 96 valence electrons. The molecule has 1 aromatic heterocycles. The Balaban J connectivity index is 2.24. The number of pyridine rings is 1. The number of rotatable bonds is 1. The lowest BCUT2D eigenvalue weighted by Gasteiger charge is -2.18. The van der Waals surface area contributed by atoms with E-state index < -0.39 is 11.5 Å². The molecule has 0 unspecified atom stereocenters. The number of hydrogen-bond acceptors (Lipinski definition) is 3. The Morgan fingerprint density at radius 3 is 2.83 bits per heavy atom. The summed E-state index contributed by atoms with van der Waals surface area (Å²) in [7, 11) is 0. The van der Waals surface area contributed by atoms with Gasteiger partial charge in [0.2, 0.25) is 5.91 Å². The molecule has 0 radical (unpaired) electrons. The smallest absolute Gasteiger partial charge is 0.260 e. The summed E-state index contributed by atoms with van der Waals surface area (Å²) in [6, 6.07) is 3.17. The van der Waals surface area contributed by atoms with Crippen molar-refractivity contribution in [1.82, 2.24) is 15.2 Å². The summed E-state index contributed by atoms with van der Waals surface area (Å²) in [4.78, 5) is 39.2. The van der Waals surface area contributed by atoms with E-state index in [1.165, 1.54) is 11.0 Å². The zero-order valence-corrected chi connectivity index (χ0v) is 10.2. The van der Waals surface area contributed by atoms with Crippen molar-refractivity contribution in [3.63, 3.8) is 0 Å². The largest absolute Gasteiger partial charge is 0.354 e. The minimum atomic E-state index is -0.412. The number of nitrogens with zero attached hydrogens (tertiary/aromatic N) is 1. The molecular formula is C12H15N3O3. The van der Waals surface area contributed by atoms with Crippen molar-refractivity contribution in [1.29, 1.82) is 0 Å². The van der Waals surface area contributed by atoms with E-state index in [4.69, 9.17) is 0 Å². The zero-order chi connectivity index (χ0) is 13.1. The van der Waals surface area contributed by atoms with Crippen molar-refractivity contribution in [2.45, 2.75) is 13.3 Å². The van der Waals surface area contributed by atoms with Crippen LogP contribution >= 0.6 is 0 Å². The summed E-state index contributed by atoms with van der Waals surface area (Å²) >= 11 is 0. The van der Waals surface area contributed by atoms with E-state index in [1.807, 2.05) is 0 Å². The van der Waals surface area contributed by atoms with Crippen LogP contribution in [-0.2, 0) is 4.79 Å². The molecule has 2 amide bonds. The van der Waals surface area contributed by atoms with Crippen molar-refractivity contribution >= 4 is 11.8 Å². The Morgan fingerprint density at radius 2 is 2.11 bits per heavy atom. The van der Waals surface area contributed by atoms with Gasteiger partial charge >= 0.3 is 0 Å². The van der Waals surface area contributed by atoms with Gasteiger partial charge in [-0.3, -0.25) is 14.4 Å². The maximum absolute atomic E-state index is 12.2. The van der Waals surface area contributed by atoms with E-state index in [0.29, 0.717) is 25.2 Å². The molecule has 1 fully saturated rings. The Kier molecular flexibility index (Phi) is 3.45. The van der Waals surface area contributed by atoms with Crippen LogP contribution in [0, 0.1) is 6.92 Å². The van der Waals surface area contributed by atoms with E-state index in [2.05, 4.69) is 10.3 Å². The molecule has 2 rings (SSSR count). The summed E-state index contributed by atoms with van der Waals surface area (Å²) in [5, 5.41) is 2.69. The van der Waals surface area contributed by atoms with Crippen LogP contribution in [0.3, 0.4) is 0 Å². The molecule has 2 N–H and O–H groups in total. The van der Waals surface area contributed by atoms with Gasteiger partial charge in [-0.25, -0.2) is 0 Å². The first-order valence-corrected chi connectivity index (χ1v) is 5.84. The summed E-state index contributed by atoms with van der Waals surface area (Å²) < 4.78 is 0. The molecule has 0 spiro atoms. The monoisotopic (exact) mass is 249 g/mol. The van der Waals surface area contributed by atoms with Crippen LogP contribution in [0.25, 0.3) is 0 Å². The van der Waals surface area contributed by atoms with E-state index >= 15 is 0 Å². The number of hydrogen-bond donors (Lipinski definition) is 2. The van der Waals surface area contributed by atoms with E-state index in [9.17, 15) is 14.4 Å². The molecule has 6 nitrogen and oxygen atoms in total. The van der Waals surface area contributed by atoms with E-state index in [1.54, 1.807) is 13.0 Å². The number of H-pyrrole nitrogens is 1. The molecule has 0 aliphatic carbocycles. The maximum atomic E-state index is 12.2. The van der Waals surface area contributed by atoms with Crippen molar-refractivity contribution < 1.29 is 9.59 Å². The molecule has 0 aromatic carbocycles. The number of carbonyl (C=O) groups excluding carboxylic acids is 2. The van der Waals surface area contributed by atoms with Gasteiger partial charge in [-0.2, -0.15) is 0 Å². The SMILES string of the molecule is Cc1ccc(C(=O)N2CCCNC(=O)C2)c(=O)[nH]1. The zero-order valence-electron chi connectivity index (χ0n) is 10.2. The number of aryl methyl sites for hydroxylation is 1. The predicted molar refractivity (Wildman–Crippen MR) is 65.3 cm³/mol. The van der Waals surface area contributed by atoms with Gasteiger partial charge < -0.3 is 15.2 Å². The summed E-state index contributed by atoms with van der Waals surface area (Å²) in [5.74, 6) is -0.585. The van der Waals surface area contributed by atoms with Gasteiger partial charge in [0.15, 0.2) is 0 Å². The van der Waals surface area contributed by atoms with Crippen LogP contribution in [0.5, 0.6) is 0 Å². The summed E-state index contributed by atoms with van der Waals surface area (Å²) in [5.41, 5.74) is 0.366. The highest BCUT2D eigenvalue weighted by Gasteiger charge is 2.22. The quantitative estimate of drug-likeness (QED) is 0.713. The molecule has 1 saturated heterocycles. The molecule has 6 heteroatoms. The van der Waals surface area contributed by atoms with Crippen molar-refractivity contribution in [3.05, 3.63) is 33.7 Å². The highest BCUT2D eigenvalue weighted by Crippen LogP contribution is 2.03. The fourth-order valence-corrected chi connectivity index (χ4v) is 1.89. The predicted octanol–water partition coefficient (Wildman–Crippen LogP) is -0.355. The molecule has 1 aliphatic rings. The first kappa shape index (κ1) is 12.3. The van der Waals surface area contributed by atoms with Gasteiger partial charge in [0.05, 0.1) is 6.54 Å². The van der Waals surface area contributed by atoms with Gasteiger partial charge in [0, 0.05) is 18.8 Å². The lowest BCUT2D eigenvalue weighted by atomic mass is 10.2. The Bertz CT molecular complexity index is 536. The van der Waals surface area contributed by atoms with Gasteiger partial charge in [-0.15, -0.1) is 0 Å². The second-order valence-electron chi connectivity index (χ2n) is 4.31.